The first-order valence-electron chi connectivity index (χ1n) is 2.86. The molecule has 0 aliphatic rings. The summed E-state index contributed by atoms with van der Waals surface area (Å²) in [6.07, 6.45) is -0.923. The molecule has 2 unspecified atom stereocenters. The molecule has 0 aromatic carbocycles. The van der Waals surface area contributed by atoms with Crippen LogP contribution in [0.15, 0.2) is 0 Å². The Hall–Kier alpha value is 0.130. The summed E-state index contributed by atoms with van der Waals surface area (Å²) in [5.41, 5.74) is -0.804. The van der Waals surface area contributed by atoms with E-state index in [1.165, 1.54) is 0 Å². The summed E-state index contributed by atoms with van der Waals surface area (Å²) < 4.78 is 4.65. The van der Waals surface area contributed by atoms with Crippen LogP contribution in [0.1, 0.15) is 0 Å². The van der Waals surface area contributed by atoms with Crippen molar-refractivity contribution in [3.63, 3.8) is 0 Å². The molecule has 0 bridgehead atoms. The molecule has 2 atom stereocenters. The molecule has 62 valence electrons. The van der Waals surface area contributed by atoms with E-state index >= 15 is 0 Å². The molecule has 0 fully saturated rings. The first-order chi connectivity index (χ1) is 4.70. The molecule has 0 aliphatic carbocycles. The van der Waals surface area contributed by atoms with Gasteiger partial charge in [0.25, 0.3) is 0 Å². The van der Waals surface area contributed by atoms with E-state index in [1.807, 2.05) is 0 Å². The average molecular weight is 171 g/mol. The predicted molar refractivity (Wildman–Crippen MR) is 35.8 cm³/mol. The van der Waals surface area contributed by atoms with Crippen molar-refractivity contribution in [3.8, 4) is 0 Å². The zero-order chi connectivity index (χ0) is 7.98. The van der Waals surface area contributed by atoms with Crippen molar-refractivity contribution in [2.24, 2.45) is 0 Å². The molecule has 0 saturated heterocycles. The van der Waals surface area contributed by atoms with Crippen LogP contribution < -0.4 is 0 Å². The number of aliphatic hydroxyl groups is 3. The molecule has 0 aromatic rings. The Kier molecular flexibility index (Phi) is 5.96. The topological polar surface area (TPSA) is 69.9 Å². The molecule has 0 spiro atoms. The van der Waals surface area contributed by atoms with Crippen LogP contribution in [0.3, 0.4) is 0 Å². The van der Waals surface area contributed by atoms with Gasteiger partial charge in [0.15, 0.2) is 5.56 Å². The van der Waals surface area contributed by atoms with Crippen LogP contribution in [-0.4, -0.2) is 46.8 Å². The molecule has 0 aromatic heterocycles. The Morgan fingerprint density at radius 2 is 1.90 bits per heavy atom. The smallest absolute Gasteiger partial charge is 0.154 e. The summed E-state index contributed by atoms with van der Waals surface area (Å²) in [5, 5.41) is 25.3. The normalized spacial score (nSPS) is 16.8. The second-order valence-electron chi connectivity index (χ2n) is 1.76. The standard InChI is InChI=1S/C5H11ClO4/c6-5(2-8)10-3-4(9)1-7/h4-5,7-9H,1-3H2. The zero-order valence-corrected chi connectivity index (χ0v) is 6.16. The molecule has 4 nitrogen and oxygen atoms in total. The fraction of sp³-hybridized carbons (Fsp3) is 1.00. The highest BCUT2D eigenvalue weighted by atomic mass is 35.5. The van der Waals surface area contributed by atoms with E-state index in [1.54, 1.807) is 0 Å². The van der Waals surface area contributed by atoms with Gasteiger partial charge in [0.05, 0.1) is 19.8 Å². The van der Waals surface area contributed by atoms with E-state index in [-0.39, 0.29) is 19.8 Å². The van der Waals surface area contributed by atoms with E-state index < -0.39 is 11.7 Å². The maximum Gasteiger partial charge on any atom is 0.154 e. The molecule has 0 heterocycles. The van der Waals surface area contributed by atoms with Crippen LogP contribution in [0.4, 0.5) is 0 Å². The van der Waals surface area contributed by atoms with Gasteiger partial charge >= 0.3 is 0 Å². The lowest BCUT2D eigenvalue weighted by molar-refractivity contribution is -0.0175. The molecular formula is C5H11ClO4. The highest BCUT2D eigenvalue weighted by molar-refractivity contribution is 6.19. The Bertz CT molecular complexity index is 70.0. The zero-order valence-electron chi connectivity index (χ0n) is 5.40. The summed E-state index contributed by atoms with van der Waals surface area (Å²) in [5.74, 6) is 0. The fourth-order valence-electron chi connectivity index (χ4n) is 0.321. The summed E-state index contributed by atoms with van der Waals surface area (Å²) in [6, 6.07) is 0. The monoisotopic (exact) mass is 170 g/mol. The van der Waals surface area contributed by atoms with Crippen molar-refractivity contribution in [2.45, 2.75) is 11.7 Å². The minimum Gasteiger partial charge on any atom is -0.394 e. The number of hydrogen-bond acceptors (Lipinski definition) is 4. The number of hydrogen-bond donors (Lipinski definition) is 3. The number of ether oxygens (including phenoxy) is 1. The molecule has 0 aliphatic heterocycles. The van der Waals surface area contributed by atoms with Crippen molar-refractivity contribution < 1.29 is 20.1 Å². The van der Waals surface area contributed by atoms with Gasteiger partial charge in [-0.2, -0.15) is 0 Å². The quantitative estimate of drug-likeness (QED) is 0.459. The number of alkyl halides is 1. The highest BCUT2D eigenvalue weighted by Crippen LogP contribution is 1.97. The van der Waals surface area contributed by atoms with Crippen LogP contribution in [-0.2, 0) is 4.74 Å². The first kappa shape index (κ1) is 10.1. The van der Waals surface area contributed by atoms with E-state index in [9.17, 15) is 0 Å². The summed E-state index contributed by atoms with van der Waals surface area (Å²) in [4.78, 5) is 0. The highest BCUT2D eigenvalue weighted by Gasteiger charge is 2.06. The average Bonchev–Trinajstić information content (AvgIpc) is 1.99. The van der Waals surface area contributed by atoms with Gasteiger partial charge in [-0.15, -0.1) is 0 Å². The second kappa shape index (κ2) is 5.88. The molecule has 0 saturated carbocycles. The van der Waals surface area contributed by atoms with Crippen molar-refractivity contribution in [3.05, 3.63) is 0 Å². The predicted octanol–water partition coefficient (Wildman–Crippen LogP) is -1.09. The maximum absolute atomic E-state index is 8.69. The molecule has 0 rings (SSSR count). The minimum absolute atomic E-state index is 0.0643. The second-order valence-corrected chi connectivity index (χ2v) is 2.25. The Morgan fingerprint density at radius 3 is 2.30 bits per heavy atom. The van der Waals surface area contributed by atoms with Crippen molar-refractivity contribution >= 4 is 11.6 Å². The van der Waals surface area contributed by atoms with Crippen molar-refractivity contribution in [1.29, 1.82) is 0 Å². The van der Waals surface area contributed by atoms with Crippen LogP contribution in [0.5, 0.6) is 0 Å². The van der Waals surface area contributed by atoms with E-state index in [4.69, 9.17) is 26.9 Å². The first-order valence-corrected chi connectivity index (χ1v) is 3.29. The SMILES string of the molecule is OCC(O)COC(Cl)CO. The summed E-state index contributed by atoms with van der Waals surface area (Å²) in [6.45, 7) is -0.736. The van der Waals surface area contributed by atoms with Crippen LogP contribution in [0, 0.1) is 0 Å². The Morgan fingerprint density at radius 1 is 1.30 bits per heavy atom. The summed E-state index contributed by atoms with van der Waals surface area (Å²) in [7, 11) is 0. The van der Waals surface area contributed by atoms with Gasteiger partial charge in [-0.3, -0.25) is 0 Å². The molecular weight excluding hydrogens is 160 g/mol. The fourth-order valence-corrected chi connectivity index (χ4v) is 0.394. The molecule has 0 radical (unpaired) electrons. The molecule has 3 N–H and O–H groups in total. The third kappa shape index (κ3) is 4.96. The van der Waals surface area contributed by atoms with E-state index in [0.717, 1.165) is 0 Å². The Labute approximate surface area is 64.0 Å². The third-order valence-corrected chi connectivity index (χ3v) is 1.09. The largest absolute Gasteiger partial charge is 0.394 e. The van der Waals surface area contributed by atoms with Gasteiger partial charge in [-0.05, 0) is 0 Å². The van der Waals surface area contributed by atoms with Gasteiger partial charge in [0.1, 0.15) is 6.10 Å². The minimum atomic E-state index is -0.923. The lowest BCUT2D eigenvalue weighted by atomic mass is 10.4. The molecule has 10 heavy (non-hydrogen) atoms. The van der Waals surface area contributed by atoms with Crippen molar-refractivity contribution in [1.82, 2.24) is 0 Å². The van der Waals surface area contributed by atoms with Gasteiger partial charge in [0.2, 0.25) is 0 Å². The van der Waals surface area contributed by atoms with Crippen LogP contribution in [0.25, 0.3) is 0 Å². The molecule has 0 amide bonds. The Balaban J connectivity index is 3.17. The van der Waals surface area contributed by atoms with E-state index in [2.05, 4.69) is 4.74 Å². The van der Waals surface area contributed by atoms with Crippen LogP contribution >= 0.6 is 11.6 Å². The lowest BCUT2D eigenvalue weighted by Gasteiger charge is -2.10. The van der Waals surface area contributed by atoms with Crippen LogP contribution in [0.2, 0.25) is 0 Å². The van der Waals surface area contributed by atoms with Gasteiger partial charge in [-0.25, -0.2) is 0 Å². The maximum atomic E-state index is 8.69. The van der Waals surface area contributed by atoms with Gasteiger partial charge < -0.3 is 20.1 Å². The summed E-state index contributed by atoms with van der Waals surface area (Å²) >= 11 is 5.30. The number of halogens is 1. The van der Waals surface area contributed by atoms with Gasteiger partial charge in [-0.1, -0.05) is 11.6 Å². The third-order valence-electron chi connectivity index (χ3n) is 0.824. The van der Waals surface area contributed by atoms with E-state index in [0.29, 0.717) is 0 Å². The molecule has 5 heteroatoms. The number of aliphatic hydroxyl groups excluding tert-OH is 3. The lowest BCUT2D eigenvalue weighted by Crippen LogP contribution is -2.23. The van der Waals surface area contributed by atoms with Crippen molar-refractivity contribution in [2.75, 3.05) is 19.8 Å². The van der Waals surface area contributed by atoms with Gasteiger partial charge in [0, 0.05) is 0 Å². The number of rotatable bonds is 5.